The van der Waals surface area contributed by atoms with Crippen LogP contribution in [0.1, 0.15) is 30.6 Å². The van der Waals surface area contributed by atoms with E-state index < -0.39 is 10.0 Å². The first-order valence-corrected chi connectivity index (χ1v) is 8.64. The average molecular weight is 294 g/mol. The second-order valence-corrected chi connectivity index (χ2v) is 7.33. The fourth-order valence-corrected chi connectivity index (χ4v) is 5.27. The Morgan fingerprint density at radius 1 is 1.24 bits per heavy atom. The van der Waals surface area contributed by atoms with E-state index in [4.69, 9.17) is 11.6 Å². The van der Waals surface area contributed by atoms with Gasteiger partial charge in [0.15, 0.2) is 0 Å². The van der Waals surface area contributed by atoms with E-state index in [2.05, 4.69) is 0 Å². The van der Waals surface area contributed by atoms with Gasteiger partial charge in [0.2, 0.25) is 10.0 Å². The largest absolute Gasteiger partial charge is 0.244 e. The van der Waals surface area contributed by atoms with E-state index in [0.717, 1.165) is 30.6 Å². The van der Waals surface area contributed by atoms with E-state index in [9.17, 15) is 8.42 Å². The van der Waals surface area contributed by atoms with Gasteiger partial charge in [-0.1, -0.05) is 12.8 Å². The molecule has 0 aliphatic carbocycles. The summed E-state index contributed by atoms with van der Waals surface area (Å²) in [6.07, 6.45) is 4.16. The van der Waals surface area contributed by atoms with Crippen molar-refractivity contribution in [3.05, 3.63) is 16.3 Å². The molecule has 1 aromatic heterocycles. The van der Waals surface area contributed by atoms with Crippen molar-refractivity contribution < 1.29 is 8.42 Å². The number of rotatable bonds is 3. The summed E-state index contributed by atoms with van der Waals surface area (Å²) in [6.45, 7) is 1.28. The molecule has 1 saturated heterocycles. The first kappa shape index (κ1) is 13.3. The maximum atomic E-state index is 12.5. The lowest BCUT2D eigenvalue weighted by atomic mass is 10.2. The molecule has 1 aliphatic rings. The molecule has 0 saturated carbocycles. The Morgan fingerprint density at radius 3 is 2.47 bits per heavy atom. The first-order valence-electron chi connectivity index (χ1n) is 5.79. The molecule has 2 heterocycles. The summed E-state index contributed by atoms with van der Waals surface area (Å²) in [5, 5.41) is 1.79. The van der Waals surface area contributed by atoms with Gasteiger partial charge in [-0.3, -0.25) is 0 Å². The third kappa shape index (κ3) is 2.84. The fraction of sp³-hybridized carbons (Fsp3) is 0.636. The summed E-state index contributed by atoms with van der Waals surface area (Å²) in [4.78, 5) is 1.15. The molecule has 0 aromatic carbocycles. The first-order chi connectivity index (χ1) is 8.16. The van der Waals surface area contributed by atoms with Crippen molar-refractivity contribution in [2.45, 2.75) is 36.5 Å². The van der Waals surface area contributed by atoms with Gasteiger partial charge in [0.25, 0.3) is 0 Å². The van der Waals surface area contributed by atoms with Gasteiger partial charge < -0.3 is 0 Å². The van der Waals surface area contributed by atoms with Crippen LogP contribution in [0.15, 0.2) is 16.3 Å². The number of hydrogen-bond acceptors (Lipinski definition) is 3. The van der Waals surface area contributed by atoms with Gasteiger partial charge in [0, 0.05) is 18.0 Å². The van der Waals surface area contributed by atoms with Crippen molar-refractivity contribution in [1.29, 1.82) is 0 Å². The molecule has 0 radical (unpaired) electrons. The van der Waals surface area contributed by atoms with E-state index >= 15 is 0 Å². The molecule has 3 nitrogen and oxygen atoms in total. The van der Waals surface area contributed by atoms with Crippen molar-refractivity contribution in [2.75, 3.05) is 13.1 Å². The minimum atomic E-state index is -3.33. The normalized spacial score (nSPS) is 19.1. The number of nitrogens with zero attached hydrogens (tertiary/aromatic N) is 1. The standard InChI is InChI=1S/C11H16ClNO2S2/c12-9-10-11(5-8-16-10)17(14,15)13-6-3-1-2-4-7-13/h5,8H,1-4,6-7,9H2. The Morgan fingerprint density at radius 2 is 1.88 bits per heavy atom. The molecular formula is C11H16ClNO2S2. The van der Waals surface area contributed by atoms with E-state index in [-0.39, 0.29) is 5.88 Å². The van der Waals surface area contributed by atoms with Crippen LogP contribution >= 0.6 is 22.9 Å². The molecule has 96 valence electrons. The number of hydrogen-bond donors (Lipinski definition) is 0. The Balaban J connectivity index is 2.28. The SMILES string of the molecule is O=S(=O)(c1ccsc1CCl)N1CCCCCC1. The summed E-state index contributed by atoms with van der Waals surface area (Å²) < 4.78 is 26.5. The minimum absolute atomic E-state index is 0.264. The Labute approximate surface area is 111 Å². The molecular weight excluding hydrogens is 278 g/mol. The van der Waals surface area contributed by atoms with Gasteiger partial charge in [-0.2, -0.15) is 4.31 Å². The molecule has 0 atom stereocenters. The zero-order chi connectivity index (χ0) is 12.3. The number of alkyl halides is 1. The molecule has 1 fully saturated rings. The molecule has 17 heavy (non-hydrogen) atoms. The second kappa shape index (κ2) is 5.69. The van der Waals surface area contributed by atoms with E-state index in [0.29, 0.717) is 18.0 Å². The average Bonchev–Trinajstić information content (AvgIpc) is 2.63. The van der Waals surface area contributed by atoms with Crippen LogP contribution < -0.4 is 0 Å². The third-order valence-electron chi connectivity index (χ3n) is 3.01. The van der Waals surface area contributed by atoms with Crippen LogP contribution in [0.3, 0.4) is 0 Å². The van der Waals surface area contributed by atoms with Crippen molar-refractivity contribution in [3.63, 3.8) is 0 Å². The summed E-state index contributed by atoms with van der Waals surface area (Å²) in [5.41, 5.74) is 0. The molecule has 0 bridgehead atoms. The monoisotopic (exact) mass is 293 g/mol. The summed E-state index contributed by atoms with van der Waals surface area (Å²) in [6, 6.07) is 1.67. The summed E-state index contributed by atoms with van der Waals surface area (Å²) in [5.74, 6) is 0.264. The maximum Gasteiger partial charge on any atom is 0.244 e. The number of thiophene rings is 1. The number of sulfonamides is 1. The third-order valence-corrected chi connectivity index (χ3v) is 6.47. The van der Waals surface area contributed by atoms with Crippen LogP contribution in [0.2, 0.25) is 0 Å². The molecule has 0 amide bonds. The number of halogens is 1. The highest BCUT2D eigenvalue weighted by molar-refractivity contribution is 7.89. The predicted molar refractivity (Wildman–Crippen MR) is 71.1 cm³/mol. The zero-order valence-electron chi connectivity index (χ0n) is 9.56. The molecule has 6 heteroatoms. The van der Waals surface area contributed by atoms with Crippen LogP contribution in [-0.2, 0) is 15.9 Å². The minimum Gasteiger partial charge on any atom is -0.207 e. The van der Waals surface area contributed by atoms with E-state index in [1.807, 2.05) is 0 Å². The lowest BCUT2D eigenvalue weighted by molar-refractivity contribution is 0.423. The summed E-state index contributed by atoms with van der Waals surface area (Å²) in [7, 11) is -3.33. The molecule has 1 aromatic rings. The van der Waals surface area contributed by atoms with Crippen LogP contribution in [0, 0.1) is 0 Å². The maximum absolute atomic E-state index is 12.5. The van der Waals surface area contributed by atoms with Crippen molar-refractivity contribution in [1.82, 2.24) is 4.31 Å². The zero-order valence-corrected chi connectivity index (χ0v) is 12.0. The highest BCUT2D eigenvalue weighted by Gasteiger charge is 2.27. The van der Waals surface area contributed by atoms with Gasteiger partial charge >= 0.3 is 0 Å². The van der Waals surface area contributed by atoms with Gasteiger partial charge in [0.1, 0.15) is 0 Å². The van der Waals surface area contributed by atoms with Gasteiger partial charge in [0.05, 0.1) is 10.8 Å². The molecule has 0 spiro atoms. The van der Waals surface area contributed by atoms with Crippen LogP contribution in [0.4, 0.5) is 0 Å². The second-order valence-electron chi connectivity index (χ2n) is 4.16. The molecule has 1 aliphatic heterocycles. The summed E-state index contributed by atoms with van der Waals surface area (Å²) >= 11 is 7.19. The van der Waals surface area contributed by atoms with Crippen molar-refractivity contribution in [3.8, 4) is 0 Å². The van der Waals surface area contributed by atoms with Crippen LogP contribution in [0.25, 0.3) is 0 Å². The van der Waals surface area contributed by atoms with Gasteiger partial charge in [-0.05, 0) is 24.3 Å². The van der Waals surface area contributed by atoms with Crippen LogP contribution in [0.5, 0.6) is 0 Å². The van der Waals surface area contributed by atoms with Gasteiger partial charge in [-0.15, -0.1) is 22.9 Å². The van der Waals surface area contributed by atoms with Crippen LogP contribution in [-0.4, -0.2) is 25.8 Å². The predicted octanol–water partition coefficient (Wildman–Crippen LogP) is 3.05. The van der Waals surface area contributed by atoms with E-state index in [1.165, 1.54) is 11.3 Å². The Hall–Kier alpha value is -0.100. The quantitative estimate of drug-likeness (QED) is 0.803. The molecule has 2 rings (SSSR count). The topological polar surface area (TPSA) is 37.4 Å². The highest BCUT2D eigenvalue weighted by Crippen LogP contribution is 2.28. The Bertz CT molecular complexity index is 462. The molecule has 0 unspecified atom stereocenters. The van der Waals surface area contributed by atoms with Crippen molar-refractivity contribution >= 4 is 33.0 Å². The molecule has 0 N–H and O–H groups in total. The lowest BCUT2D eigenvalue weighted by Gasteiger charge is -2.19. The fourth-order valence-electron chi connectivity index (χ4n) is 2.08. The lowest BCUT2D eigenvalue weighted by Crippen LogP contribution is -2.32. The smallest absolute Gasteiger partial charge is 0.207 e. The van der Waals surface area contributed by atoms with Gasteiger partial charge in [-0.25, -0.2) is 8.42 Å². The van der Waals surface area contributed by atoms with E-state index in [1.54, 1.807) is 15.8 Å². The van der Waals surface area contributed by atoms with Crippen molar-refractivity contribution in [2.24, 2.45) is 0 Å². The Kier molecular flexibility index (Phi) is 4.47. The highest BCUT2D eigenvalue weighted by atomic mass is 35.5.